The normalized spacial score (nSPS) is 15.5. The van der Waals surface area contributed by atoms with Gasteiger partial charge in [-0.05, 0) is 37.3 Å². The molecule has 1 fully saturated rings. The molecule has 1 unspecified atom stereocenters. The van der Waals surface area contributed by atoms with Crippen LogP contribution in [-0.4, -0.2) is 35.8 Å². The average Bonchev–Trinajstić information content (AvgIpc) is 2.35. The van der Waals surface area contributed by atoms with Crippen LogP contribution in [-0.2, 0) is 4.79 Å². The molecule has 1 heterocycles. The number of carbonyl (C=O) groups is 2. The number of hydrogen-bond acceptors (Lipinski definition) is 2. The second-order valence-electron chi connectivity index (χ2n) is 6.15. The molecule has 2 rings (SSSR count). The van der Waals surface area contributed by atoms with Gasteiger partial charge < -0.3 is 10.2 Å². The van der Waals surface area contributed by atoms with Gasteiger partial charge in [-0.25, -0.2) is 0 Å². The number of likely N-dealkylation sites (tertiary alicyclic amines) is 1. The van der Waals surface area contributed by atoms with E-state index in [-0.39, 0.29) is 11.8 Å². The SMILES string of the molecule is Cc1ccccc1C(=O)NC(CC(C)C)C(=O)N1CCC1. The van der Waals surface area contributed by atoms with Crippen LogP contribution >= 0.6 is 0 Å². The van der Waals surface area contributed by atoms with Gasteiger partial charge in [0.1, 0.15) is 6.04 Å². The summed E-state index contributed by atoms with van der Waals surface area (Å²) in [6, 6.07) is 7.03. The zero-order valence-electron chi connectivity index (χ0n) is 13.1. The van der Waals surface area contributed by atoms with E-state index in [9.17, 15) is 9.59 Å². The van der Waals surface area contributed by atoms with Crippen molar-refractivity contribution in [1.82, 2.24) is 10.2 Å². The van der Waals surface area contributed by atoms with Gasteiger partial charge in [0, 0.05) is 18.7 Å². The second-order valence-corrected chi connectivity index (χ2v) is 6.15. The van der Waals surface area contributed by atoms with Gasteiger partial charge in [0.2, 0.25) is 5.91 Å². The molecular formula is C17H24N2O2. The highest BCUT2D eigenvalue weighted by molar-refractivity contribution is 5.98. The summed E-state index contributed by atoms with van der Waals surface area (Å²) in [5.41, 5.74) is 1.57. The highest BCUT2D eigenvalue weighted by Crippen LogP contribution is 2.14. The number of benzene rings is 1. The summed E-state index contributed by atoms with van der Waals surface area (Å²) in [4.78, 5) is 26.7. The van der Waals surface area contributed by atoms with E-state index in [1.54, 1.807) is 6.07 Å². The molecule has 0 saturated carbocycles. The largest absolute Gasteiger partial charge is 0.341 e. The minimum atomic E-state index is -0.419. The number of rotatable bonds is 5. The van der Waals surface area contributed by atoms with Crippen LogP contribution in [0.3, 0.4) is 0 Å². The molecule has 0 aromatic heterocycles. The fourth-order valence-corrected chi connectivity index (χ4v) is 2.51. The first kappa shape index (κ1) is 15.5. The van der Waals surface area contributed by atoms with Crippen molar-refractivity contribution < 1.29 is 9.59 Å². The standard InChI is InChI=1S/C17H24N2O2/c1-12(2)11-15(17(21)19-9-6-10-19)18-16(20)14-8-5-4-7-13(14)3/h4-5,7-8,12,15H,6,9-11H2,1-3H3,(H,18,20). The number of amides is 2. The molecule has 1 aliphatic rings. The van der Waals surface area contributed by atoms with Crippen molar-refractivity contribution in [1.29, 1.82) is 0 Å². The molecule has 114 valence electrons. The quantitative estimate of drug-likeness (QED) is 0.904. The van der Waals surface area contributed by atoms with Crippen molar-refractivity contribution >= 4 is 11.8 Å². The Morgan fingerprint density at radius 1 is 1.24 bits per heavy atom. The third-order valence-electron chi connectivity index (χ3n) is 3.87. The first-order chi connectivity index (χ1) is 9.99. The van der Waals surface area contributed by atoms with Crippen LogP contribution in [0.1, 0.15) is 42.6 Å². The first-order valence-corrected chi connectivity index (χ1v) is 7.64. The van der Waals surface area contributed by atoms with Crippen LogP contribution in [0.25, 0.3) is 0 Å². The van der Waals surface area contributed by atoms with Crippen LogP contribution < -0.4 is 5.32 Å². The molecule has 1 N–H and O–H groups in total. The van der Waals surface area contributed by atoms with Crippen LogP contribution in [0.15, 0.2) is 24.3 Å². The predicted octanol–water partition coefficient (Wildman–Crippen LogP) is 2.37. The van der Waals surface area contributed by atoms with Gasteiger partial charge in [-0.1, -0.05) is 32.0 Å². The Balaban J connectivity index is 2.09. The first-order valence-electron chi connectivity index (χ1n) is 7.64. The van der Waals surface area contributed by atoms with Crippen LogP contribution in [0, 0.1) is 12.8 Å². The lowest BCUT2D eigenvalue weighted by atomic mass is 10.00. The van der Waals surface area contributed by atoms with Gasteiger partial charge in [0.25, 0.3) is 5.91 Å². The Kier molecular flexibility index (Phi) is 4.99. The number of aryl methyl sites for hydroxylation is 1. The summed E-state index contributed by atoms with van der Waals surface area (Å²) in [6.07, 6.45) is 1.73. The van der Waals surface area contributed by atoms with Gasteiger partial charge >= 0.3 is 0 Å². The smallest absolute Gasteiger partial charge is 0.252 e. The molecule has 21 heavy (non-hydrogen) atoms. The van der Waals surface area contributed by atoms with Crippen molar-refractivity contribution in [2.45, 2.75) is 39.7 Å². The van der Waals surface area contributed by atoms with Gasteiger partial charge in [0.05, 0.1) is 0 Å². The van der Waals surface area contributed by atoms with Crippen molar-refractivity contribution in [3.8, 4) is 0 Å². The number of carbonyl (C=O) groups excluding carboxylic acids is 2. The van der Waals surface area contributed by atoms with Crippen molar-refractivity contribution in [2.24, 2.45) is 5.92 Å². The second kappa shape index (κ2) is 6.74. The molecule has 1 aliphatic heterocycles. The zero-order valence-corrected chi connectivity index (χ0v) is 13.1. The van der Waals surface area contributed by atoms with Gasteiger partial charge in [-0.2, -0.15) is 0 Å². The predicted molar refractivity (Wildman–Crippen MR) is 83.1 cm³/mol. The lowest BCUT2D eigenvalue weighted by molar-refractivity contribution is -0.137. The summed E-state index contributed by atoms with van der Waals surface area (Å²) < 4.78 is 0. The molecule has 1 atom stereocenters. The monoisotopic (exact) mass is 288 g/mol. The molecule has 2 amide bonds. The summed E-state index contributed by atoms with van der Waals surface area (Å²) in [5, 5.41) is 2.92. The Morgan fingerprint density at radius 2 is 1.90 bits per heavy atom. The maximum Gasteiger partial charge on any atom is 0.252 e. The van der Waals surface area contributed by atoms with E-state index in [2.05, 4.69) is 19.2 Å². The lowest BCUT2D eigenvalue weighted by Crippen LogP contribution is -2.53. The molecule has 1 aromatic rings. The lowest BCUT2D eigenvalue weighted by Gasteiger charge is -2.34. The number of hydrogen-bond donors (Lipinski definition) is 1. The maximum absolute atomic E-state index is 12.4. The van der Waals surface area contributed by atoms with Crippen molar-refractivity contribution in [3.05, 3.63) is 35.4 Å². The summed E-state index contributed by atoms with van der Waals surface area (Å²) in [6.45, 7) is 7.66. The molecule has 0 radical (unpaired) electrons. The van der Waals surface area contributed by atoms with Crippen molar-refractivity contribution in [2.75, 3.05) is 13.1 Å². The van der Waals surface area contributed by atoms with Crippen LogP contribution in [0.5, 0.6) is 0 Å². The van der Waals surface area contributed by atoms with E-state index < -0.39 is 6.04 Å². The summed E-state index contributed by atoms with van der Waals surface area (Å²) >= 11 is 0. The van der Waals surface area contributed by atoms with Crippen LogP contribution in [0.4, 0.5) is 0 Å². The third kappa shape index (κ3) is 3.84. The number of nitrogens with one attached hydrogen (secondary N) is 1. The highest BCUT2D eigenvalue weighted by Gasteiger charge is 2.30. The Morgan fingerprint density at radius 3 is 2.43 bits per heavy atom. The molecule has 1 saturated heterocycles. The van der Waals surface area contributed by atoms with Gasteiger partial charge in [-0.3, -0.25) is 9.59 Å². The average molecular weight is 288 g/mol. The van der Waals surface area contributed by atoms with E-state index in [0.29, 0.717) is 17.9 Å². The third-order valence-corrected chi connectivity index (χ3v) is 3.87. The van der Waals surface area contributed by atoms with E-state index in [1.807, 2.05) is 30.0 Å². The minimum Gasteiger partial charge on any atom is -0.341 e. The fourth-order valence-electron chi connectivity index (χ4n) is 2.51. The molecule has 0 spiro atoms. The molecular weight excluding hydrogens is 264 g/mol. The van der Waals surface area contributed by atoms with E-state index in [0.717, 1.165) is 25.1 Å². The summed E-state index contributed by atoms with van der Waals surface area (Å²) in [7, 11) is 0. The molecule has 0 bridgehead atoms. The van der Waals surface area contributed by atoms with Gasteiger partial charge in [0.15, 0.2) is 0 Å². The topological polar surface area (TPSA) is 49.4 Å². The fraction of sp³-hybridized carbons (Fsp3) is 0.529. The van der Waals surface area contributed by atoms with E-state index >= 15 is 0 Å². The zero-order chi connectivity index (χ0) is 15.4. The van der Waals surface area contributed by atoms with E-state index in [1.165, 1.54) is 0 Å². The van der Waals surface area contributed by atoms with E-state index in [4.69, 9.17) is 0 Å². The Labute approximate surface area is 126 Å². The minimum absolute atomic E-state index is 0.0527. The molecule has 4 nitrogen and oxygen atoms in total. The molecule has 4 heteroatoms. The number of nitrogens with zero attached hydrogens (tertiary/aromatic N) is 1. The maximum atomic E-state index is 12.4. The summed E-state index contributed by atoms with van der Waals surface area (Å²) in [5.74, 6) is 0.252. The van der Waals surface area contributed by atoms with Crippen molar-refractivity contribution in [3.63, 3.8) is 0 Å². The Hall–Kier alpha value is -1.84. The highest BCUT2D eigenvalue weighted by atomic mass is 16.2. The van der Waals surface area contributed by atoms with Gasteiger partial charge in [-0.15, -0.1) is 0 Å². The molecule has 0 aliphatic carbocycles. The Bertz CT molecular complexity index is 521. The molecule has 1 aromatic carbocycles. The van der Waals surface area contributed by atoms with Crippen LogP contribution in [0.2, 0.25) is 0 Å².